The van der Waals surface area contributed by atoms with Gasteiger partial charge >= 0.3 is 5.97 Å². The smallest absolute Gasteiger partial charge is 0.366 e. The minimum atomic E-state index is -0.694. The monoisotopic (exact) mass is 347 g/mol. The van der Waals surface area contributed by atoms with E-state index in [9.17, 15) is 9.18 Å². The van der Waals surface area contributed by atoms with Crippen LogP contribution in [-0.4, -0.2) is 33.0 Å². The highest BCUT2D eigenvalue weighted by atomic mass is 19.1. The van der Waals surface area contributed by atoms with Crippen LogP contribution in [0, 0.1) is 5.82 Å². The first kappa shape index (κ1) is 18.3. The SMILES string of the molecule is COc1cc(C(=O)O/N=C(/C)c2ccc(F)cc2)cc(OC)c1OC. The number of hydrogen-bond acceptors (Lipinski definition) is 6. The summed E-state index contributed by atoms with van der Waals surface area (Å²) in [6, 6.07) is 8.62. The molecule has 2 aromatic carbocycles. The van der Waals surface area contributed by atoms with E-state index < -0.39 is 5.97 Å². The number of oxime groups is 1. The quantitative estimate of drug-likeness (QED) is 0.455. The lowest BCUT2D eigenvalue weighted by Gasteiger charge is -2.13. The molecule has 132 valence electrons. The highest BCUT2D eigenvalue weighted by Crippen LogP contribution is 2.38. The normalized spacial score (nSPS) is 11.0. The molecule has 0 N–H and O–H groups in total. The van der Waals surface area contributed by atoms with Gasteiger partial charge in [-0.1, -0.05) is 17.3 Å². The number of carbonyl (C=O) groups is 1. The first-order valence-electron chi connectivity index (χ1n) is 7.32. The second-order valence-electron chi connectivity index (χ2n) is 4.98. The number of rotatable bonds is 6. The van der Waals surface area contributed by atoms with E-state index in [1.807, 2.05) is 0 Å². The van der Waals surface area contributed by atoms with Crippen molar-refractivity contribution >= 4 is 11.7 Å². The van der Waals surface area contributed by atoms with Gasteiger partial charge in [0.1, 0.15) is 5.82 Å². The van der Waals surface area contributed by atoms with Gasteiger partial charge in [0.05, 0.1) is 32.6 Å². The number of methoxy groups -OCH3 is 3. The molecule has 0 bridgehead atoms. The third-order valence-corrected chi connectivity index (χ3v) is 3.43. The van der Waals surface area contributed by atoms with E-state index in [0.29, 0.717) is 28.5 Å². The van der Waals surface area contributed by atoms with Gasteiger partial charge < -0.3 is 19.0 Å². The molecule has 0 heterocycles. The molecule has 0 amide bonds. The summed E-state index contributed by atoms with van der Waals surface area (Å²) in [5.74, 6) is -0.0275. The van der Waals surface area contributed by atoms with Gasteiger partial charge in [0.25, 0.3) is 0 Å². The van der Waals surface area contributed by atoms with Crippen molar-refractivity contribution in [3.8, 4) is 17.2 Å². The summed E-state index contributed by atoms with van der Waals surface area (Å²) < 4.78 is 28.5. The molecule has 2 aromatic rings. The Kier molecular flexibility index (Phi) is 5.94. The second kappa shape index (κ2) is 8.14. The van der Waals surface area contributed by atoms with Gasteiger partial charge in [-0.15, -0.1) is 0 Å². The topological polar surface area (TPSA) is 66.4 Å². The zero-order valence-electron chi connectivity index (χ0n) is 14.3. The van der Waals surface area contributed by atoms with Gasteiger partial charge in [-0.05, 0) is 36.8 Å². The van der Waals surface area contributed by atoms with E-state index in [4.69, 9.17) is 19.0 Å². The molecule has 0 radical (unpaired) electrons. The Morgan fingerprint density at radius 3 is 1.96 bits per heavy atom. The van der Waals surface area contributed by atoms with Crippen LogP contribution in [0.4, 0.5) is 4.39 Å². The summed E-state index contributed by atoms with van der Waals surface area (Å²) in [6.07, 6.45) is 0. The number of benzene rings is 2. The minimum absolute atomic E-state index is 0.185. The maximum Gasteiger partial charge on any atom is 0.366 e. The van der Waals surface area contributed by atoms with E-state index in [-0.39, 0.29) is 11.4 Å². The Bertz CT molecular complexity index is 762. The summed E-state index contributed by atoms with van der Waals surface area (Å²) in [5.41, 5.74) is 1.25. The first-order valence-corrected chi connectivity index (χ1v) is 7.32. The van der Waals surface area contributed by atoms with Crippen molar-refractivity contribution in [2.75, 3.05) is 21.3 Å². The molecule has 2 rings (SSSR count). The molecule has 0 aliphatic heterocycles. The summed E-state index contributed by atoms with van der Waals surface area (Å²) in [7, 11) is 4.36. The molecule has 7 heteroatoms. The van der Waals surface area contributed by atoms with Crippen LogP contribution in [0.3, 0.4) is 0 Å². The van der Waals surface area contributed by atoms with Crippen molar-refractivity contribution in [3.05, 3.63) is 53.3 Å². The van der Waals surface area contributed by atoms with Crippen LogP contribution >= 0.6 is 0 Å². The molecule has 0 aliphatic carbocycles. The Balaban J connectivity index is 2.23. The van der Waals surface area contributed by atoms with Gasteiger partial charge in [0.15, 0.2) is 11.5 Å². The van der Waals surface area contributed by atoms with Crippen LogP contribution < -0.4 is 14.2 Å². The molecule has 0 aromatic heterocycles. The summed E-state index contributed by atoms with van der Waals surface area (Å²) in [4.78, 5) is 17.2. The van der Waals surface area contributed by atoms with Crippen molar-refractivity contribution in [2.24, 2.45) is 5.16 Å². The lowest BCUT2D eigenvalue weighted by atomic mass is 10.1. The Morgan fingerprint density at radius 1 is 0.920 bits per heavy atom. The van der Waals surface area contributed by atoms with Crippen LogP contribution in [-0.2, 0) is 4.84 Å². The first-order chi connectivity index (χ1) is 12.0. The highest BCUT2D eigenvalue weighted by Gasteiger charge is 2.18. The molecule has 0 spiro atoms. The van der Waals surface area contributed by atoms with Gasteiger partial charge in [0, 0.05) is 0 Å². The Labute approximate surface area is 144 Å². The summed E-state index contributed by atoms with van der Waals surface area (Å²) in [5, 5.41) is 3.79. The number of hydrogen-bond donors (Lipinski definition) is 0. The molecule has 25 heavy (non-hydrogen) atoms. The van der Waals surface area contributed by atoms with E-state index in [1.165, 1.54) is 45.6 Å². The molecular formula is C18H18FNO5. The lowest BCUT2D eigenvalue weighted by molar-refractivity contribution is 0.0515. The molecule has 0 saturated carbocycles. The lowest BCUT2D eigenvalue weighted by Crippen LogP contribution is -2.06. The number of halogens is 1. The van der Waals surface area contributed by atoms with E-state index in [0.717, 1.165) is 0 Å². The van der Waals surface area contributed by atoms with Crippen molar-refractivity contribution in [2.45, 2.75) is 6.92 Å². The van der Waals surface area contributed by atoms with Gasteiger partial charge in [-0.25, -0.2) is 9.18 Å². The maximum atomic E-state index is 12.9. The molecule has 0 fully saturated rings. The highest BCUT2D eigenvalue weighted by molar-refractivity contribution is 5.99. The molecule has 6 nitrogen and oxygen atoms in total. The molecule has 0 aliphatic rings. The molecule has 0 atom stereocenters. The maximum absolute atomic E-state index is 12.9. The fraction of sp³-hybridized carbons (Fsp3) is 0.222. The van der Waals surface area contributed by atoms with E-state index in [1.54, 1.807) is 19.1 Å². The molecule has 0 saturated heterocycles. The van der Waals surface area contributed by atoms with Crippen LogP contribution in [0.15, 0.2) is 41.6 Å². The standard InChI is InChI=1S/C18H18FNO5/c1-11(12-5-7-14(19)8-6-12)20-25-18(21)13-9-15(22-2)17(24-4)16(10-13)23-3/h5-10H,1-4H3/b20-11-. The zero-order valence-corrected chi connectivity index (χ0v) is 14.3. The Hall–Kier alpha value is -3.09. The average Bonchev–Trinajstić information content (AvgIpc) is 2.64. The summed E-state index contributed by atoms with van der Waals surface area (Å²) in [6.45, 7) is 1.65. The summed E-state index contributed by atoms with van der Waals surface area (Å²) >= 11 is 0. The van der Waals surface area contributed by atoms with Crippen molar-refractivity contribution < 1.29 is 28.2 Å². The van der Waals surface area contributed by atoms with Crippen molar-refractivity contribution in [1.29, 1.82) is 0 Å². The van der Waals surface area contributed by atoms with Crippen LogP contribution in [0.25, 0.3) is 0 Å². The minimum Gasteiger partial charge on any atom is -0.493 e. The molecular weight excluding hydrogens is 329 g/mol. The average molecular weight is 347 g/mol. The fourth-order valence-electron chi connectivity index (χ4n) is 2.11. The van der Waals surface area contributed by atoms with Crippen LogP contribution in [0.5, 0.6) is 17.2 Å². The van der Waals surface area contributed by atoms with Crippen molar-refractivity contribution in [1.82, 2.24) is 0 Å². The van der Waals surface area contributed by atoms with Crippen molar-refractivity contribution in [3.63, 3.8) is 0 Å². The number of nitrogens with zero attached hydrogens (tertiary/aromatic N) is 1. The predicted octanol–water partition coefficient (Wildman–Crippen LogP) is 3.43. The number of carbonyl (C=O) groups excluding carboxylic acids is 1. The van der Waals surface area contributed by atoms with Gasteiger partial charge in [-0.3, -0.25) is 0 Å². The third-order valence-electron chi connectivity index (χ3n) is 3.43. The zero-order chi connectivity index (χ0) is 18.4. The predicted molar refractivity (Wildman–Crippen MR) is 90.1 cm³/mol. The van der Waals surface area contributed by atoms with Crippen LogP contribution in [0.1, 0.15) is 22.8 Å². The molecule has 0 unspecified atom stereocenters. The largest absolute Gasteiger partial charge is 0.493 e. The fourth-order valence-corrected chi connectivity index (χ4v) is 2.11. The van der Waals surface area contributed by atoms with Gasteiger partial charge in [0.2, 0.25) is 5.75 Å². The van der Waals surface area contributed by atoms with E-state index in [2.05, 4.69) is 5.16 Å². The Morgan fingerprint density at radius 2 is 1.48 bits per heavy atom. The van der Waals surface area contributed by atoms with Gasteiger partial charge in [-0.2, -0.15) is 0 Å². The second-order valence-corrected chi connectivity index (χ2v) is 4.98. The number of ether oxygens (including phenoxy) is 3. The third kappa shape index (κ3) is 4.26. The van der Waals surface area contributed by atoms with E-state index >= 15 is 0 Å². The van der Waals surface area contributed by atoms with Crippen LogP contribution in [0.2, 0.25) is 0 Å².